The van der Waals surface area contributed by atoms with E-state index in [2.05, 4.69) is 19.9 Å². The third-order valence-corrected chi connectivity index (χ3v) is 2.93. The maximum atomic E-state index is 11.0. The molecule has 0 bridgehead atoms. The molecular formula is C14H18O2. The second kappa shape index (κ2) is 4.28. The summed E-state index contributed by atoms with van der Waals surface area (Å²) in [5.41, 5.74) is 2.57. The molecule has 0 heterocycles. The largest absolute Gasteiger partial charge is 0.427 e. The van der Waals surface area contributed by atoms with Crippen LogP contribution in [0.15, 0.2) is 18.2 Å². The van der Waals surface area contributed by atoms with Crippen molar-refractivity contribution in [3.8, 4) is 5.75 Å². The molecule has 2 rings (SSSR count). The number of rotatable bonds is 3. The highest BCUT2D eigenvalue weighted by Crippen LogP contribution is 2.42. The molecule has 1 saturated carbocycles. The summed E-state index contributed by atoms with van der Waals surface area (Å²) >= 11 is 0. The normalized spacial score (nSPS) is 15.2. The van der Waals surface area contributed by atoms with Gasteiger partial charge in [-0.3, -0.25) is 4.79 Å². The molecule has 2 nitrogen and oxygen atoms in total. The predicted molar refractivity (Wildman–Crippen MR) is 63.8 cm³/mol. The van der Waals surface area contributed by atoms with Crippen LogP contribution in [-0.4, -0.2) is 5.97 Å². The Kier molecular flexibility index (Phi) is 2.99. The van der Waals surface area contributed by atoms with Crippen molar-refractivity contribution in [2.45, 2.75) is 45.4 Å². The Morgan fingerprint density at radius 2 is 2.00 bits per heavy atom. The van der Waals surface area contributed by atoms with Crippen LogP contribution in [0.4, 0.5) is 0 Å². The van der Waals surface area contributed by atoms with Crippen LogP contribution in [0.25, 0.3) is 0 Å². The summed E-state index contributed by atoms with van der Waals surface area (Å²) in [7, 11) is 0. The Labute approximate surface area is 96.6 Å². The molecule has 1 aliphatic rings. The summed E-state index contributed by atoms with van der Waals surface area (Å²) in [5, 5.41) is 0. The second-order valence-electron chi connectivity index (χ2n) is 4.86. The molecule has 0 radical (unpaired) electrons. The summed E-state index contributed by atoms with van der Waals surface area (Å²) in [6.45, 7) is 5.76. The summed E-state index contributed by atoms with van der Waals surface area (Å²) in [6.07, 6.45) is 2.53. The Hall–Kier alpha value is -1.31. The Balaban J connectivity index is 2.32. The van der Waals surface area contributed by atoms with Crippen molar-refractivity contribution in [3.05, 3.63) is 29.3 Å². The Morgan fingerprint density at radius 3 is 2.50 bits per heavy atom. The van der Waals surface area contributed by atoms with Gasteiger partial charge < -0.3 is 4.74 Å². The standard InChI is InChI=1S/C14H18O2/c1-9(2)12-6-13(11-4-5-11)8-14(7-12)16-10(3)15/h6-9,11H,4-5H2,1-3H3. The third-order valence-electron chi connectivity index (χ3n) is 2.93. The van der Waals surface area contributed by atoms with E-state index in [-0.39, 0.29) is 5.97 Å². The predicted octanol–water partition coefficient (Wildman–Crippen LogP) is 3.61. The van der Waals surface area contributed by atoms with Gasteiger partial charge in [-0.25, -0.2) is 0 Å². The first kappa shape index (κ1) is 11.2. The quantitative estimate of drug-likeness (QED) is 0.572. The molecule has 0 atom stereocenters. The number of carbonyl (C=O) groups is 1. The molecular weight excluding hydrogens is 200 g/mol. The molecule has 0 saturated heterocycles. The molecule has 0 aromatic heterocycles. The van der Waals surface area contributed by atoms with E-state index < -0.39 is 0 Å². The van der Waals surface area contributed by atoms with E-state index >= 15 is 0 Å². The van der Waals surface area contributed by atoms with Crippen molar-refractivity contribution in [3.63, 3.8) is 0 Å². The number of esters is 1. The molecule has 86 valence electrons. The zero-order chi connectivity index (χ0) is 11.7. The minimum atomic E-state index is -0.248. The second-order valence-corrected chi connectivity index (χ2v) is 4.86. The number of hydrogen-bond donors (Lipinski definition) is 0. The number of carbonyl (C=O) groups excluding carboxylic acids is 1. The fourth-order valence-electron chi connectivity index (χ4n) is 1.86. The van der Waals surface area contributed by atoms with Crippen LogP contribution in [0.3, 0.4) is 0 Å². The smallest absolute Gasteiger partial charge is 0.308 e. The highest BCUT2D eigenvalue weighted by molar-refractivity contribution is 5.69. The molecule has 0 aliphatic heterocycles. The summed E-state index contributed by atoms with van der Waals surface area (Å²) in [4.78, 5) is 11.0. The minimum Gasteiger partial charge on any atom is -0.427 e. The van der Waals surface area contributed by atoms with Gasteiger partial charge in [-0.05, 0) is 47.9 Å². The molecule has 1 fully saturated rings. The average Bonchev–Trinajstić information content (AvgIpc) is 2.98. The lowest BCUT2D eigenvalue weighted by atomic mass is 9.98. The van der Waals surface area contributed by atoms with Gasteiger partial charge in [0.15, 0.2) is 0 Å². The van der Waals surface area contributed by atoms with Crippen LogP contribution >= 0.6 is 0 Å². The highest BCUT2D eigenvalue weighted by atomic mass is 16.5. The average molecular weight is 218 g/mol. The van der Waals surface area contributed by atoms with Crippen LogP contribution in [0.5, 0.6) is 5.75 Å². The van der Waals surface area contributed by atoms with Crippen molar-refractivity contribution >= 4 is 5.97 Å². The topological polar surface area (TPSA) is 26.3 Å². The van der Waals surface area contributed by atoms with E-state index in [9.17, 15) is 4.79 Å². The summed E-state index contributed by atoms with van der Waals surface area (Å²) in [5.74, 6) is 1.60. The summed E-state index contributed by atoms with van der Waals surface area (Å²) in [6, 6.07) is 6.22. The van der Waals surface area contributed by atoms with Crippen LogP contribution in [0, 0.1) is 0 Å². The van der Waals surface area contributed by atoms with Crippen molar-refractivity contribution in [1.82, 2.24) is 0 Å². The van der Waals surface area contributed by atoms with Gasteiger partial charge in [0.1, 0.15) is 5.75 Å². The van der Waals surface area contributed by atoms with Crippen LogP contribution < -0.4 is 4.74 Å². The molecule has 0 spiro atoms. The molecule has 1 aromatic rings. The third kappa shape index (κ3) is 2.63. The zero-order valence-corrected chi connectivity index (χ0v) is 10.1. The van der Waals surface area contributed by atoms with Gasteiger partial charge in [-0.1, -0.05) is 19.9 Å². The molecule has 0 unspecified atom stereocenters. The van der Waals surface area contributed by atoms with Gasteiger partial charge in [0.25, 0.3) is 0 Å². The van der Waals surface area contributed by atoms with Crippen molar-refractivity contribution in [2.75, 3.05) is 0 Å². The Bertz CT molecular complexity index is 383. The van der Waals surface area contributed by atoms with Gasteiger partial charge in [-0.15, -0.1) is 0 Å². The zero-order valence-electron chi connectivity index (χ0n) is 10.1. The van der Waals surface area contributed by atoms with Crippen molar-refractivity contribution < 1.29 is 9.53 Å². The van der Waals surface area contributed by atoms with E-state index in [1.54, 1.807) is 0 Å². The molecule has 16 heavy (non-hydrogen) atoms. The summed E-state index contributed by atoms with van der Waals surface area (Å²) < 4.78 is 5.18. The number of hydrogen-bond acceptors (Lipinski definition) is 2. The van der Waals surface area contributed by atoms with E-state index in [1.807, 2.05) is 12.1 Å². The molecule has 1 aromatic carbocycles. The van der Waals surface area contributed by atoms with Crippen molar-refractivity contribution in [1.29, 1.82) is 0 Å². The van der Waals surface area contributed by atoms with Crippen molar-refractivity contribution in [2.24, 2.45) is 0 Å². The number of benzene rings is 1. The van der Waals surface area contributed by atoms with Crippen LogP contribution in [-0.2, 0) is 4.79 Å². The molecule has 0 amide bonds. The first-order valence-electron chi connectivity index (χ1n) is 5.89. The van der Waals surface area contributed by atoms with Gasteiger partial charge in [-0.2, -0.15) is 0 Å². The van der Waals surface area contributed by atoms with Crippen LogP contribution in [0.1, 0.15) is 56.6 Å². The lowest BCUT2D eigenvalue weighted by molar-refractivity contribution is -0.131. The van der Waals surface area contributed by atoms with Gasteiger partial charge in [0, 0.05) is 6.92 Å². The van der Waals surface area contributed by atoms with Crippen LogP contribution in [0.2, 0.25) is 0 Å². The minimum absolute atomic E-state index is 0.248. The lowest BCUT2D eigenvalue weighted by Crippen LogP contribution is -2.03. The van der Waals surface area contributed by atoms with Gasteiger partial charge >= 0.3 is 5.97 Å². The molecule has 1 aliphatic carbocycles. The van der Waals surface area contributed by atoms with E-state index in [1.165, 1.54) is 30.9 Å². The van der Waals surface area contributed by atoms with E-state index in [4.69, 9.17) is 4.74 Å². The Morgan fingerprint density at radius 1 is 1.31 bits per heavy atom. The lowest BCUT2D eigenvalue weighted by Gasteiger charge is -2.11. The highest BCUT2D eigenvalue weighted by Gasteiger charge is 2.24. The number of ether oxygens (including phenoxy) is 1. The SMILES string of the molecule is CC(=O)Oc1cc(C(C)C)cc(C2CC2)c1. The fraction of sp³-hybridized carbons (Fsp3) is 0.500. The van der Waals surface area contributed by atoms with E-state index in [0.29, 0.717) is 17.6 Å². The van der Waals surface area contributed by atoms with E-state index in [0.717, 1.165) is 0 Å². The molecule has 0 N–H and O–H groups in total. The van der Waals surface area contributed by atoms with Gasteiger partial charge in [0.05, 0.1) is 0 Å². The maximum Gasteiger partial charge on any atom is 0.308 e. The monoisotopic (exact) mass is 218 g/mol. The maximum absolute atomic E-state index is 11.0. The first-order chi connectivity index (χ1) is 7.56. The molecule has 2 heteroatoms. The van der Waals surface area contributed by atoms with Gasteiger partial charge in [0.2, 0.25) is 0 Å². The fourth-order valence-corrected chi connectivity index (χ4v) is 1.86. The first-order valence-corrected chi connectivity index (χ1v) is 5.89.